The molecule has 0 aliphatic rings. The second-order valence-corrected chi connectivity index (χ2v) is 6.63. The zero-order valence-electron chi connectivity index (χ0n) is 15.6. The maximum absolute atomic E-state index is 12.1. The summed E-state index contributed by atoms with van der Waals surface area (Å²) in [5.74, 6) is -0.345. The van der Waals surface area contributed by atoms with Crippen molar-refractivity contribution in [2.45, 2.75) is 6.42 Å². The maximum Gasteiger partial charge on any atom is 0.338 e. The Morgan fingerprint density at radius 2 is 1.86 bits per heavy atom. The minimum absolute atomic E-state index is 0.0707. The number of rotatable bonds is 8. The Hall–Kier alpha value is -3.01. The molecule has 150 valence electrons. The van der Waals surface area contributed by atoms with Crippen LogP contribution in [0, 0.1) is 11.3 Å². The molecule has 0 unspecified atom stereocenters. The van der Waals surface area contributed by atoms with Gasteiger partial charge in [-0.3, -0.25) is 4.79 Å². The van der Waals surface area contributed by atoms with Gasteiger partial charge in [0.15, 0.2) is 0 Å². The predicted octanol–water partition coefficient (Wildman–Crippen LogP) is 4.27. The molecule has 0 aliphatic heterocycles. The van der Waals surface area contributed by atoms with Crippen molar-refractivity contribution in [3.63, 3.8) is 0 Å². The number of nitrogens with zero attached hydrogens (tertiary/aromatic N) is 1. The molecule has 1 N–H and O–H groups in total. The van der Waals surface area contributed by atoms with E-state index in [-0.39, 0.29) is 18.7 Å². The van der Waals surface area contributed by atoms with Gasteiger partial charge >= 0.3 is 5.97 Å². The van der Waals surface area contributed by atoms with Gasteiger partial charge in [-0.05, 0) is 54.5 Å². The Bertz CT molecular complexity index is 950. The van der Waals surface area contributed by atoms with Crippen molar-refractivity contribution < 1.29 is 19.1 Å². The number of carbonyl (C=O) groups excluding carboxylic acids is 2. The van der Waals surface area contributed by atoms with E-state index in [1.54, 1.807) is 49.6 Å². The highest BCUT2D eigenvalue weighted by molar-refractivity contribution is 6.42. The molecule has 0 heterocycles. The third-order valence-electron chi connectivity index (χ3n) is 3.79. The van der Waals surface area contributed by atoms with Gasteiger partial charge in [0.05, 0.1) is 29.3 Å². The third-order valence-corrected chi connectivity index (χ3v) is 4.52. The Balaban J connectivity index is 1.79. The Morgan fingerprint density at radius 3 is 2.48 bits per heavy atom. The fourth-order valence-electron chi connectivity index (χ4n) is 2.26. The molecule has 0 fully saturated rings. The normalized spacial score (nSPS) is 10.8. The number of ether oxygens (including phenoxy) is 2. The number of methoxy groups -OCH3 is 1. The second kappa shape index (κ2) is 11.1. The zero-order chi connectivity index (χ0) is 21.2. The van der Waals surface area contributed by atoms with Crippen LogP contribution in [-0.2, 0) is 9.53 Å². The first-order valence-corrected chi connectivity index (χ1v) is 9.36. The molecule has 0 saturated carbocycles. The van der Waals surface area contributed by atoms with E-state index in [1.165, 1.54) is 6.08 Å². The number of hydrogen-bond donors (Lipinski definition) is 1. The van der Waals surface area contributed by atoms with Gasteiger partial charge in [0.1, 0.15) is 17.4 Å². The highest BCUT2D eigenvalue weighted by Gasteiger charge is 2.10. The molecular formula is C21H18Cl2N2O4. The summed E-state index contributed by atoms with van der Waals surface area (Å²) in [6.07, 6.45) is 1.82. The van der Waals surface area contributed by atoms with Gasteiger partial charge in [0.2, 0.25) is 0 Å². The maximum atomic E-state index is 12.1. The number of amides is 1. The van der Waals surface area contributed by atoms with E-state index in [0.29, 0.717) is 33.3 Å². The van der Waals surface area contributed by atoms with Crippen LogP contribution in [0.1, 0.15) is 22.3 Å². The average molecular weight is 433 g/mol. The molecular weight excluding hydrogens is 415 g/mol. The molecule has 0 radical (unpaired) electrons. The van der Waals surface area contributed by atoms with Crippen LogP contribution >= 0.6 is 23.2 Å². The fourth-order valence-corrected chi connectivity index (χ4v) is 2.57. The topological polar surface area (TPSA) is 88.4 Å². The van der Waals surface area contributed by atoms with Gasteiger partial charge in [-0.2, -0.15) is 5.26 Å². The lowest BCUT2D eigenvalue weighted by atomic mass is 10.1. The highest BCUT2D eigenvalue weighted by Crippen LogP contribution is 2.23. The van der Waals surface area contributed by atoms with Crippen molar-refractivity contribution in [3.05, 3.63) is 69.2 Å². The minimum atomic E-state index is -0.528. The van der Waals surface area contributed by atoms with Crippen molar-refractivity contribution >= 4 is 41.2 Å². The number of halogens is 2. The number of benzene rings is 2. The van der Waals surface area contributed by atoms with Crippen molar-refractivity contribution in [1.82, 2.24) is 5.32 Å². The summed E-state index contributed by atoms with van der Waals surface area (Å²) >= 11 is 11.8. The summed E-state index contributed by atoms with van der Waals surface area (Å²) in [7, 11) is 1.54. The third kappa shape index (κ3) is 6.83. The Kier molecular flexibility index (Phi) is 8.53. The van der Waals surface area contributed by atoms with Crippen molar-refractivity contribution in [2.75, 3.05) is 20.3 Å². The monoisotopic (exact) mass is 432 g/mol. The fraction of sp³-hybridized carbons (Fsp3) is 0.190. The number of esters is 1. The molecule has 2 rings (SSSR count). The van der Waals surface area contributed by atoms with Gasteiger partial charge in [0, 0.05) is 6.54 Å². The molecule has 0 bridgehead atoms. The molecule has 6 nitrogen and oxygen atoms in total. The summed E-state index contributed by atoms with van der Waals surface area (Å²) < 4.78 is 10.2. The van der Waals surface area contributed by atoms with Crippen LogP contribution in [0.15, 0.2) is 48.0 Å². The summed E-state index contributed by atoms with van der Waals surface area (Å²) in [4.78, 5) is 24.1. The molecule has 8 heteroatoms. The number of nitrogens with one attached hydrogen (secondary N) is 1. The van der Waals surface area contributed by atoms with E-state index in [2.05, 4.69) is 5.32 Å². The quantitative estimate of drug-likeness (QED) is 0.291. The van der Waals surface area contributed by atoms with Gasteiger partial charge in [-0.15, -0.1) is 0 Å². The van der Waals surface area contributed by atoms with Crippen molar-refractivity contribution in [2.24, 2.45) is 0 Å². The molecule has 1 amide bonds. The number of carbonyl (C=O) groups is 2. The molecule has 29 heavy (non-hydrogen) atoms. The van der Waals surface area contributed by atoms with Gasteiger partial charge < -0.3 is 14.8 Å². The molecule has 2 aromatic carbocycles. The summed E-state index contributed by atoms with van der Waals surface area (Å²) in [5.41, 5.74) is 0.921. The number of nitriles is 1. The van der Waals surface area contributed by atoms with E-state index in [0.717, 1.165) is 0 Å². The Morgan fingerprint density at radius 1 is 1.14 bits per heavy atom. The van der Waals surface area contributed by atoms with Crippen molar-refractivity contribution in [1.29, 1.82) is 5.26 Å². The van der Waals surface area contributed by atoms with Crippen LogP contribution < -0.4 is 10.1 Å². The minimum Gasteiger partial charge on any atom is -0.497 e. The van der Waals surface area contributed by atoms with E-state index < -0.39 is 11.9 Å². The summed E-state index contributed by atoms with van der Waals surface area (Å²) in [5, 5.41) is 12.5. The standard InChI is InChI=1S/C21H18Cl2N2O4/c1-28-17-6-4-15(5-7-17)21(27)29-10-2-9-25-20(26)16(13-24)11-14-3-8-18(22)19(23)12-14/h3-8,11-12H,2,9-10H2,1H3,(H,25,26)/b16-11-. The largest absolute Gasteiger partial charge is 0.497 e. The van der Waals surface area contributed by atoms with Crippen LogP contribution in [0.4, 0.5) is 0 Å². The lowest BCUT2D eigenvalue weighted by Gasteiger charge is -2.07. The molecule has 2 aromatic rings. The summed E-state index contributed by atoms with van der Waals surface area (Å²) in [6.45, 7) is 0.374. The second-order valence-electron chi connectivity index (χ2n) is 5.82. The van der Waals surface area contributed by atoms with Crippen LogP contribution in [0.5, 0.6) is 5.75 Å². The molecule has 0 aliphatic carbocycles. The molecule has 0 saturated heterocycles. The lowest BCUT2D eigenvalue weighted by molar-refractivity contribution is -0.117. The number of hydrogen-bond acceptors (Lipinski definition) is 5. The smallest absolute Gasteiger partial charge is 0.338 e. The first-order valence-electron chi connectivity index (χ1n) is 8.61. The van der Waals surface area contributed by atoms with E-state index in [4.69, 9.17) is 32.7 Å². The van der Waals surface area contributed by atoms with Gasteiger partial charge in [0.25, 0.3) is 5.91 Å². The zero-order valence-corrected chi connectivity index (χ0v) is 17.1. The first-order chi connectivity index (χ1) is 13.9. The van der Waals surface area contributed by atoms with E-state index in [1.807, 2.05) is 6.07 Å². The summed E-state index contributed by atoms with van der Waals surface area (Å²) in [6, 6.07) is 13.2. The van der Waals surface area contributed by atoms with Gasteiger partial charge in [-0.25, -0.2) is 4.79 Å². The van der Waals surface area contributed by atoms with E-state index in [9.17, 15) is 14.9 Å². The van der Waals surface area contributed by atoms with Crippen LogP contribution in [0.3, 0.4) is 0 Å². The average Bonchev–Trinajstić information content (AvgIpc) is 2.73. The van der Waals surface area contributed by atoms with Crippen LogP contribution in [0.2, 0.25) is 10.0 Å². The molecule has 0 spiro atoms. The predicted molar refractivity (Wildman–Crippen MR) is 111 cm³/mol. The first kappa shape index (κ1) is 22.3. The highest BCUT2D eigenvalue weighted by atomic mass is 35.5. The Labute approximate surface area is 178 Å². The van der Waals surface area contributed by atoms with Gasteiger partial charge in [-0.1, -0.05) is 29.3 Å². The van der Waals surface area contributed by atoms with Crippen LogP contribution in [0.25, 0.3) is 6.08 Å². The lowest BCUT2D eigenvalue weighted by Crippen LogP contribution is -2.26. The van der Waals surface area contributed by atoms with Crippen LogP contribution in [-0.4, -0.2) is 32.1 Å². The van der Waals surface area contributed by atoms with Crippen molar-refractivity contribution in [3.8, 4) is 11.8 Å². The molecule has 0 atom stereocenters. The SMILES string of the molecule is COc1ccc(C(=O)OCCCNC(=O)/C(C#N)=C\c2ccc(Cl)c(Cl)c2)cc1. The van der Waals surface area contributed by atoms with E-state index >= 15 is 0 Å². The molecule has 0 aromatic heterocycles.